The summed E-state index contributed by atoms with van der Waals surface area (Å²) in [5.74, 6) is -1.49. The molecule has 0 saturated heterocycles. The number of nitrogens with two attached hydrogens (primary N) is 2. The summed E-state index contributed by atoms with van der Waals surface area (Å²) < 4.78 is 0. The molecule has 2 aromatic rings. The van der Waals surface area contributed by atoms with Gasteiger partial charge in [0.1, 0.15) is 11.9 Å². The molecule has 178 valence electrons. The number of amides is 1. The van der Waals surface area contributed by atoms with Crippen LogP contribution >= 0.6 is 0 Å². The van der Waals surface area contributed by atoms with Crippen LogP contribution in [-0.4, -0.2) is 51.0 Å². The Labute approximate surface area is 193 Å². The number of aromatic nitrogens is 2. The lowest BCUT2D eigenvalue weighted by atomic mass is 9.90. The second kappa shape index (κ2) is 10.5. The van der Waals surface area contributed by atoms with Gasteiger partial charge in [-0.2, -0.15) is 0 Å². The molecule has 3 rings (SSSR count). The molecular formula is C23H33N7O3. The Morgan fingerprint density at radius 2 is 1.97 bits per heavy atom. The molecule has 1 saturated carbocycles. The normalized spacial score (nSPS) is 20.0. The maximum absolute atomic E-state index is 13.0. The Morgan fingerprint density at radius 3 is 2.64 bits per heavy atom. The molecule has 1 aromatic carbocycles. The fourth-order valence-corrected chi connectivity index (χ4v) is 4.14. The van der Waals surface area contributed by atoms with Gasteiger partial charge in [0.15, 0.2) is 5.96 Å². The predicted molar refractivity (Wildman–Crippen MR) is 128 cm³/mol. The van der Waals surface area contributed by atoms with Gasteiger partial charge in [0.2, 0.25) is 5.82 Å². The first-order valence-electron chi connectivity index (χ1n) is 11.4. The van der Waals surface area contributed by atoms with Crippen molar-refractivity contribution in [3.8, 4) is 0 Å². The number of carbonyl (C=O) groups is 2. The number of hydrogen-bond donors (Lipinski definition) is 5. The van der Waals surface area contributed by atoms with E-state index in [4.69, 9.17) is 11.5 Å². The molecule has 2 unspecified atom stereocenters. The van der Waals surface area contributed by atoms with E-state index in [2.05, 4.69) is 25.6 Å². The van der Waals surface area contributed by atoms with Gasteiger partial charge in [-0.15, -0.1) is 0 Å². The van der Waals surface area contributed by atoms with Crippen molar-refractivity contribution < 1.29 is 14.7 Å². The van der Waals surface area contributed by atoms with Crippen LogP contribution < -0.4 is 22.1 Å². The number of nitrogens with one attached hydrogen (secondary N) is 2. The molecule has 10 heteroatoms. The van der Waals surface area contributed by atoms with E-state index in [0.717, 1.165) is 36.6 Å². The fourth-order valence-electron chi connectivity index (χ4n) is 4.14. The molecule has 1 aromatic heterocycles. The number of benzene rings is 1. The third-order valence-electron chi connectivity index (χ3n) is 6.19. The van der Waals surface area contributed by atoms with Gasteiger partial charge in [0, 0.05) is 5.39 Å². The van der Waals surface area contributed by atoms with Gasteiger partial charge in [-0.05, 0) is 37.8 Å². The second-order valence-electron chi connectivity index (χ2n) is 8.75. The minimum atomic E-state index is -1.09. The summed E-state index contributed by atoms with van der Waals surface area (Å²) in [7, 11) is 0. The average molecular weight is 456 g/mol. The van der Waals surface area contributed by atoms with Gasteiger partial charge in [0.25, 0.3) is 5.91 Å². The van der Waals surface area contributed by atoms with Gasteiger partial charge in [-0.1, -0.05) is 44.7 Å². The molecule has 7 N–H and O–H groups in total. The minimum Gasteiger partial charge on any atom is -0.480 e. The number of carboxylic acid groups (broad SMARTS) is 1. The molecule has 1 fully saturated rings. The van der Waals surface area contributed by atoms with Gasteiger partial charge in [0.05, 0.1) is 17.6 Å². The second-order valence-corrected chi connectivity index (χ2v) is 8.75. The van der Waals surface area contributed by atoms with Crippen molar-refractivity contribution in [2.24, 2.45) is 22.4 Å². The van der Waals surface area contributed by atoms with Crippen LogP contribution in [0.15, 0.2) is 23.2 Å². The highest BCUT2D eigenvalue weighted by molar-refractivity contribution is 5.98. The standard InChI is InChI=1S/C23H33N7O3/c1-4-13(3)18(22(32)33)29-21(31)20-26-15-10-9-12(2)11-14(15)19(30-20)27-16-7-5-6-8-17(16)28-23(24)25/h9-11,13,16-18H,4-8H2,1-3H3,(H,29,31)(H,32,33)(H4,24,25,28)(H,26,27,30)/t13-,16?,17?,18-/m0/s1. The van der Waals surface area contributed by atoms with E-state index in [-0.39, 0.29) is 29.8 Å². The number of aryl methyl sites for hydroxylation is 1. The molecule has 0 radical (unpaired) electrons. The van der Waals surface area contributed by atoms with Crippen molar-refractivity contribution in [1.29, 1.82) is 0 Å². The number of guanidine groups is 1. The highest BCUT2D eigenvalue weighted by atomic mass is 16.4. The molecular weight excluding hydrogens is 422 g/mol. The molecule has 4 atom stereocenters. The Hall–Kier alpha value is -3.43. The Kier molecular flexibility index (Phi) is 7.67. The highest BCUT2D eigenvalue weighted by Gasteiger charge is 2.29. The Balaban J connectivity index is 1.98. The quantitative estimate of drug-likeness (QED) is 0.298. The zero-order valence-electron chi connectivity index (χ0n) is 19.3. The van der Waals surface area contributed by atoms with Crippen molar-refractivity contribution >= 4 is 34.6 Å². The number of nitrogens with zero attached hydrogens (tertiary/aromatic N) is 3. The van der Waals surface area contributed by atoms with Crippen LogP contribution in [0.4, 0.5) is 5.82 Å². The molecule has 1 amide bonds. The number of aliphatic imine (C=N–C) groups is 1. The number of aliphatic carboxylic acids is 1. The van der Waals surface area contributed by atoms with E-state index >= 15 is 0 Å². The van der Waals surface area contributed by atoms with Crippen molar-refractivity contribution in [2.45, 2.75) is 71.0 Å². The Bertz CT molecular complexity index is 1050. The monoisotopic (exact) mass is 455 g/mol. The number of rotatable bonds is 8. The summed E-state index contributed by atoms with van der Waals surface area (Å²) in [5.41, 5.74) is 12.9. The average Bonchev–Trinajstić information content (AvgIpc) is 2.77. The molecule has 33 heavy (non-hydrogen) atoms. The fraction of sp³-hybridized carbons (Fsp3) is 0.522. The lowest BCUT2D eigenvalue weighted by Crippen LogP contribution is -2.45. The van der Waals surface area contributed by atoms with E-state index in [0.29, 0.717) is 17.8 Å². The summed E-state index contributed by atoms with van der Waals surface area (Å²) in [6.45, 7) is 5.63. The zero-order valence-corrected chi connectivity index (χ0v) is 19.3. The molecule has 0 spiro atoms. The lowest BCUT2D eigenvalue weighted by Gasteiger charge is -2.30. The largest absolute Gasteiger partial charge is 0.480 e. The van der Waals surface area contributed by atoms with E-state index in [1.807, 2.05) is 32.0 Å². The summed E-state index contributed by atoms with van der Waals surface area (Å²) in [5, 5.41) is 16.3. The predicted octanol–water partition coefficient (Wildman–Crippen LogP) is 2.16. The maximum atomic E-state index is 13.0. The first-order chi connectivity index (χ1) is 15.7. The van der Waals surface area contributed by atoms with E-state index in [9.17, 15) is 14.7 Å². The van der Waals surface area contributed by atoms with Crippen LogP contribution in [0.5, 0.6) is 0 Å². The number of hydrogen-bond acceptors (Lipinski definition) is 6. The van der Waals surface area contributed by atoms with E-state index in [1.165, 1.54) is 0 Å². The van der Waals surface area contributed by atoms with Crippen molar-refractivity contribution in [1.82, 2.24) is 15.3 Å². The van der Waals surface area contributed by atoms with Crippen LogP contribution in [0.25, 0.3) is 10.9 Å². The third-order valence-corrected chi connectivity index (χ3v) is 6.19. The van der Waals surface area contributed by atoms with Crippen LogP contribution in [0.2, 0.25) is 0 Å². The van der Waals surface area contributed by atoms with Crippen molar-refractivity contribution in [3.05, 3.63) is 29.6 Å². The van der Waals surface area contributed by atoms with Crippen LogP contribution in [0.3, 0.4) is 0 Å². The first-order valence-corrected chi connectivity index (χ1v) is 11.4. The number of fused-ring (bicyclic) bond motifs is 1. The Morgan fingerprint density at radius 1 is 1.24 bits per heavy atom. The van der Waals surface area contributed by atoms with Gasteiger partial charge in [-0.3, -0.25) is 4.79 Å². The maximum Gasteiger partial charge on any atom is 0.326 e. The summed E-state index contributed by atoms with van der Waals surface area (Å²) in [4.78, 5) is 37.9. The topological polar surface area (TPSA) is 169 Å². The van der Waals surface area contributed by atoms with Gasteiger partial charge >= 0.3 is 5.97 Å². The van der Waals surface area contributed by atoms with E-state index in [1.54, 1.807) is 6.92 Å². The van der Waals surface area contributed by atoms with Crippen LogP contribution in [0.1, 0.15) is 62.1 Å². The summed E-state index contributed by atoms with van der Waals surface area (Å²) >= 11 is 0. The minimum absolute atomic E-state index is 0.0434. The highest BCUT2D eigenvalue weighted by Crippen LogP contribution is 2.28. The first kappa shape index (κ1) is 24.2. The number of carbonyl (C=O) groups excluding carboxylic acids is 1. The van der Waals surface area contributed by atoms with Crippen LogP contribution in [0, 0.1) is 12.8 Å². The number of carboxylic acids is 1. The van der Waals surface area contributed by atoms with Crippen molar-refractivity contribution in [3.63, 3.8) is 0 Å². The number of anilines is 1. The molecule has 0 aliphatic heterocycles. The van der Waals surface area contributed by atoms with Gasteiger partial charge in [-0.25, -0.2) is 19.8 Å². The SMILES string of the molecule is CC[C@H](C)[C@H](NC(=O)c1nc(NC2CCCCC2N=C(N)N)c2cc(C)ccc2n1)C(=O)O. The molecule has 1 aliphatic rings. The molecule has 0 bridgehead atoms. The lowest BCUT2D eigenvalue weighted by molar-refractivity contribution is -0.140. The summed E-state index contributed by atoms with van der Waals surface area (Å²) in [6, 6.07) is 4.51. The van der Waals surface area contributed by atoms with Gasteiger partial charge < -0.3 is 27.2 Å². The van der Waals surface area contributed by atoms with E-state index < -0.39 is 17.9 Å². The van der Waals surface area contributed by atoms with Crippen molar-refractivity contribution in [2.75, 3.05) is 5.32 Å². The zero-order chi connectivity index (χ0) is 24.1. The molecule has 1 heterocycles. The third kappa shape index (κ3) is 5.88. The smallest absolute Gasteiger partial charge is 0.326 e. The molecule has 10 nitrogen and oxygen atoms in total. The summed E-state index contributed by atoms with van der Waals surface area (Å²) in [6.07, 6.45) is 4.37. The van der Waals surface area contributed by atoms with Crippen LogP contribution in [-0.2, 0) is 4.79 Å². The molecule has 1 aliphatic carbocycles.